The summed E-state index contributed by atoms with van der Waals surface area (Å²) >= 11 is 0. The normalized spacial score (nSPS) is 16.6. The van der Waals surface area contributed by atoms with Crippen LogP contribution in [0.15, 0.2) is 76.5 Å². The minimum Gasteiger partial charge on any atom is -0.280 e. The van der Waals surface area contributed by atoms with Crippen LogP contribution in [-0.4, -0.2) is 27.7 Å². The van der Waals surface area contributed by atoms with Gasteiger partial charge in [-0.3, -0.25) is 4.72 Å². The number of rotatable bonds is 5. The van der Waals surface area contributed by atoms with E-state index in [1.54, 1.807) is 54.6 Å². The second kappa shape index (κ2) is 8.59. The van der Waals surface area contributed by atoms with Crippen molar-refractivity contribution in [2.45, 2.75) is 48.4 Å². The molecule has 0 saturated carbocycles. The number of hydrogen-bond donors (Lipinski definition) is 1. The van der Waals surface area contributed by atoms with Crippen molar-refractivity contribution in [3.63, 3.8) is 0 Å². The van der Waals surface area contributed by atoms with Gasteiger partial charge in [0.05, 0.1) is 9.79 Å². The second-order valence-corrected chi connectivity index (χ2v) is 12.2. The Labute approximate surface area is 195 Å². The van der Waals surface area contributed by atoms with Crippen LogP contribution in [0.4, 0.5) is 5.69 Å². The van der Waals surface area contributed by atoms with E-state index in [9.17, 15) is 16.8 Å². The SMILES string of the molecule is O=S(=O)(Nc1ccc2c(c1)CN(S(=O)(=O)c1ccccc1)CC2)c1ccc2c(c1)CCCC2. The van der Waals surface area contributed by atoms with Gasteiger partial charge in [0, 0.05) is 18.8 Å². The van der Waals surface area contributed by atoms with Crippen molar-refractivity contribution < 1.29 is 16.8 Å². The van der Waals surface area contributed by atoms with Gasteiger partial charge < -0.3 is 0 Å². The fraction of sp³-hybridized carbons (Fsp3) is 0.280. The molecule has 0 bridgehead atoms. The Balaban J connectivity index is 1.38. The van der Waals surface area contributed by atoms with E-state index in [1.807, 2.05) is 12.1 Å². The van der Waals surface area contributed by atoms with Crippen LogP contribution in [0.1, 0.15) is 35.1 Å². The Morgan fingerprint density at radius 2 is 1.36 bits per heavy atom. The number of sulfonamides is 2. The molecular weight excluding hydrogens is 456 g/mol. The highest BCUT2D eigenvalue weighted by Gasteiger charge is 2.28. The molecule has 0 saturated heterocycles. The molecule has 0 radical (unpaired) electrons. The van der Waals surface area contributed by atoms with Crippen LogP contribution in [0.5, 0.6) is 0 Å². The van der Waals surface area contributed by atoms with E-state index in [4.69, 9.17) is 0 Å². The first-order chi connectivity index (χ1) is 15.8. The van der Waals surface area contributed by atoms with Crippen molar-refractivity contribution in [1.82, 2.24) is 4.31 Å². The molecule has 172 valence electrons. The zero-order chi connectivity index (χ0) is 23.1. The molecular formula is C25H26N2O4S2. The molecule has 3 aromatic carbocycles. The molecule has 5 rings (SSSR count). The number of hydrogen-bond acceptors (Lipinski definition) is 4. The van der Waals surface area contributed by atoms with Gasteiger partial charge in [-0.2, -0.15) is 4.31 Å². The summed E-state index contributed by atoms with van der Waals surface area (Å²) in [6.07, 6.45) is 4.71. The van der Waals surface area contributed by atoms with E-state index >= 15 is 0 Å². The van der Waals surface area contributed by atoms with Gasteiger partial charge in [0.1, 0.15) is 0 Å². The summed E-state index contributed by atoms with van der Waals surface area (Å²) in [7, 11) is -7.35. The summed E-state index contributed by atoms with van der Waals surface area (Å²) in [6, 6.07) is 19.1. The average molecular weight is 483 g/mol. The van der Waals surface area contributed by atoms with Crippen molar-refractivity contribution in [3.05, 3.63) is 89.0 Å². The van der Waals surface area contributed by atoms with E-state index < -0.39 is 20.0 Å². The standard InChI is InChI=1S/C25H26N2O4S2/c28-32(29,25-13-11-19-6-4-5-7-21(19)17-25)26-23-12-10-20-14-15-27(18-22(20)16-23)33(30,31)24-8-2-1-3-9-24/h1-3,8-13,16-17,26H,4-7,14-15,18H2. The number of anilines is 1. The lowest BCUT2D eigenvalue weighted by molar-refractivity contribution is 0.391. The molecule has 1 N–H and O–H groups in total. The topological polar surface area (TPSA) is 83.6 Å². The monoisotopic (exact) mass is 482 g/mol. The van der Waals surface area contributed by atoms with Gasteiger partial charge in [-0.15, -0.1) is 0 Å². The van der Waals surface area contributed by atoms with Gasteiger partial charge in [-0.25, -0.2) is 16.8 Å². The lowest BCUT2D eigenvalue weighted by atomic mass is 9.92. The highest BCUT2D eigenvalue weighted by molar-refractivity contribution is 7.92. The summed E-state index contributed by atoms with van der Waals surface area (Å²) in [5.74, 6) is 0. The van der Waals surface area contributed by atoms with Gasteiger partial charge in [0.25, 0.3) is 10.0 Å². The highest BCUT2D eigenvalue weighted by Crippen LogP contribution is 2.29. The Hall–Kier alpha value is -2.68. The Morgan fingerprint density at radius 3 is 2.15 bits per heavy atom. The second-order valence-electron chi connectivity index (χ2n) is 8.63. The maximum absolute atomic E-state index is 13.0. The molecule has 2 aliphatic rings. The molecule has 0 aromatic heterocycles. The molecule has 1 aliphatic carbocycles. The Kier molecular flexibility index (Phi) is 5.76. The zero-order valence-corrected chi connectivity index (χ0v) is 19.8. The maximum atomic E-state index is 13.0. The van der Waals surface area contributed by atoms with E-state index in [0.717, 1.165) is 42.4 Å². The third kappa shape index (κ3) is 4.43. The molecule has 0 spiro atoms. The third-order valence-corrected chi connectivity index (χ3v) is 9.69. The molecule has 3 aromatic rings. The van der Waals surface area contributed by atoms with E-state index in [0.29, 0.717) is 18.7 Å². The molecule has 0 atom stereocenters. The van der Waals surface area contributed by atoms with Crippen LogP contribution in [0.3, 0.4) is 0 Å². The van der Waals surface area contributed by atoms with Crippen LogP contribution in [0, 0.1) is 0 Å². The first-order valence-corrected chi connectivity index (χ1v) is 14.1. The van der Waals surface area contributed by atoms with Crippen molar-refractivity contribution in [2.75, 3.05) is 11.3 Å². The summed E-state index contributed by atoms with van der Waals surface area (Å²) in [5.41, 5.74) is 4.62. The van der Waals surface area contributed by atoms with Gasteiger partial charge in [-0.1, -0.05) is 30.3 Å². The lowest BCUT2D eigenvalue weighted by Gasteiger charge is -2.28. The molecule has 6 nitrogen and oxygen atoms in total. The molecule has 1 aliphatic heterocycles. The number of benzene rings is 3. The third-order valence-electron chi connectivity index (χ3n) is 6.45. The summed E-state index contributed by atoms with van der Waals surface area (Å²) in [5, 5.41) is 0. The van der Waals surface area contributed by atoms with Crippen LogP contribution in [-0.2, 0) is 45.9 Å². The van der Waals surface area contributed by atoms with Crippen LogP contribution in [0.25, 0.3) is 0 Å². The quantitative estimate of drug-likeness (QED) is 0.593. The molecule has 8 heteroatoms. The minimum atomic E-state index is -3.74. The zero-order valence-electron chi connectivity index (χ0n) is 18.2. The minimum absolute atomic E-state index is 0.209. The van der Waals surface area contributed by atoms with Crippen LogP contribution in [0.2, 0.25) is 0 Å². The van der Waals surface area contributed by atoms with Crippen LogP contribution < -0.4 is 4.72 Å². The largest absolute Gasteiger partial charge is 0.280 e. The first-order valence-electron chi connectivity index (χ1n) is 11.1. The Morgan fingerprint density at radius 1 is 0.667 bits per heavy atom. The Bertz CT molecular complexity index is 1400. The predicted molar refractivity (Wildman–Crippen MR) is 128 cm³/mol. The van der Waals surface area contributed by atoms with Crippen molar-refractivity contribution in [1.29, 1.82) is 0 Å². The molecule has 0 amide bonds. The maximum Gasteiger partial charge on any atom is 0.261 e. The lowest BCUT2D eigenvalue weighted by Crippen LogP contribution is -2.36. The number of nitrogens with one attached hydrogen (secondary N) is 1. The van der Waals surface area contributed by atoms with Gasteiger partial charge in [0.15, 0.2) is 0 Å². The van der Waals surface area contributed by atoms with Gasteiger partial charge in [-0.05, 0) is 90.8 Å². The number of fused-ring (bicyclic) bond motifs is 2. The number of nitrogens with zero attached hydrogens (tertiary/aromatic N) is 1. The highest BCUT2D eigenvalue weighted by atomic mass is 32.2. The smallest absolute Gasteiger partial charge is 0.261 e. The molecule has 0 unspecified atom stereocenters. The van der Waals surface area contributed by atoms with Crippen molar-refractivity contribution in [3.8, 4) is 0 Å². The van der Waals surface area contributed by atoms with Crippen molar-refractivity contribution in [2.24, 2.45) is 0 Å². The van der Waals surface area contributed by atoms with E-state index in [-0.39, 0.29) is 16.3 Å². The summed E-state index contributed by atoms with van der Waals surface area (Å²) in [6.45, 7) is 0.603. The van der Waals surface area contributed by atoms with E-state index in [1.165, 1.54) is 9.87 Å². The average Bonchev–Trinajstić information content (AvgIpc) is 2.83. The van der Waals surface area contributed by atoms with Gasteiger partial charge in [0.2, 0.25) is 10.0 Å². The summed E-state index contributed by atoms with van der Waals surface area (Å²) in [4.78, 5) is 0.520. The molecule has 1 heterocycles. The number of aryl methyl sites for hydroxylation is 2. The van der Waals surface area contributed by atoms with E-state index in [2.05, 4.69) is 4.72 Å². The van der Waals surface area contributed by atoms with Crippen LogP contribution >= 0.6 is 0 Å². The van der Waals surface area contributed by atoms with Crippen molar-refractivity contribution >= 4 is 25.7 Å². The first kappa shape index (κ1) is 22.1. The fourth-order valence-corrected chi connectivity index (χ4v) is 7.17. The fourth-order valence-electron chi connectivity index (χ4n) is 4.63. The predicted octanol–water partition coefficient (Wildman–Crippen LogP) is 4.11. The molecule has 33 heavy (non-hydrogen) atoms. The van der Waals surface area contributed by atoms with Gasteiger partial charge >= 0.3 is 0 Å². The summed E-state index contributed by atoms with van der Waals surface area (Å²) < 4.78 is 56.3. The molecule has 0 fully saturated rings.